The first-order valence-corrected chi connectivity index (χ1v) is 7.59. The molecule has 3 rings (SSSR count). The lowest BCUT2D eigenvalue weighted by Gasteiger charge is -2.45. The SMILES string of the molecule is CC(=O)C12CCCC1(C(C)=O)[C@H]1CC[C@@H]2C1=C(C)C. The molecule has 4 atom stereocenters. The fraction of sp³-hybridized carbons (Fsp3) is 0.765. The largest absolute Gasteiger partial charge is 0.299 e. The third-order valence-corrected chi connectivity index (χ3v) is 6.46. The van der Waals surface area contributed by atoms with Crippen LogP contribution < -0.4 is 0 Å². The normalized spacial score (nSPS) is 43.5. The molecule has 3 saturated carbocycles. The number of carbonyl (C=O) groups is 2. The van der Waals surface area contributed by atoms with Crippen LogP contribution in [0.15, 0.2) is 11.1 Å². The van der Waals surface area contributed by atoms with E-state index in [1.807, 2.05) is 0 Å². The molecule has 0 saturated heterocycles. The fourth-order valence-electron chi connectivity index (χ4n) is 6.14. The van der Waals surface area contributed by atoms with E-state index in [1.165, 1.54) is 11.1 Å². The van der Waals surface area contributed by atoms with Gasteiger partial charge in [0.15, 0.2) is 0 Å². The van der Waals surface area contributed by atoms with E-state index in [0.29, 0.717) is 11.8 Å². The van der Waals surface area contributed by atoms with Crippen LogP contribution in [0.25, 0.3) is 0 Å². The Labute approximate surface area is 115 Å². The smallest absolute Gasteiger partial charge is 0.137 e. The molecule has 2 bridgehead atoms. The van der Waals surface area contributed by atoms with Crippen molar-refractivity contribution in [2.24, 2.45) is 22.7 Å². The summed E-state index contributed by atoms with van der Waals surface area (Å²) in [5.41, 5.74) is 2.11. The van der Waals surface area contributed by atoms with Crippen LogP contribution in [0.4, 0.5) is 0 Å². The van der Waals surface area contributed by atoms with Gasteiger partial charge in [-0.05, 0) is 65.2 Å². The number of Topliss-reactive ketones (excluding diaryl/α,β-unsaturated/α-hetero) is 2. The zero-order valence-corrected chi connectivity index (χ0v) is 12.5. The number of carbonyl (C=O) groups excluding carboxylic acids is 2. The molecule has 2 unspecified atom stereocenters. The maximum atomic E-state index is 12.5. The Hall–Kier alpha value is -0.920. The van der Waals surface area contributed by atoms with Gasteiger partial charge in [0.05, 0.1) is 0 Å². The van der Waals surface area contributed by atoms with E-state index in [1.54, 1.807) is 13.8 Å². The highest BCUT2D eigenvalue weighted by Crippen LogP contribution is 2.76. The lowest BCUT2D eigenvalue weighted by atomic mass is 9.54. The molecule has 0 amide bonds. The van der Waals surface area contributed by atoms with Crippen molar-refractivity contribution in [3.05, 3.63) is 11.1 Å². The van der Waals surface area contributed by atoms with Gasteiger partial charge in [-0.1, -0.05) is 17.6 Å². The van der Waals surface area contributed by atoms with Crippen molar-refractivity contribution in [3.63, 3.8) is 0 Å². The molecule has 0 N–H and O–H groups in total. The van der Waals surface area contributed by atoms with Crippen LogP contribution in [0, 0.1) is 22.7 Å². The molecule has 0 spiro atoms. The van der Waals surface area contributed by atoms with Gasteiger partial charge in [0, 0.05) is 10.8 Å². The molecule has 0 aliphatic heterocycles. The second-order valence-corrected chi connectivity index (χ2v) is 7.05. The number of hydrogen-bond acceptors (Lipinski definition) is 2. The molecular weight excluding hydrogens is 236 g/mol. The molecule has 0 aromatic heterocycles. The second kappa shape index (κ2) is 3.80. The molecular formula is C17H24O2. The lowest BCUT2D eigenvalue weighted by molar-refractivity contribution is -0.150. The van der Waals surface area contributed by atoms with Crippen molar-refractivity contribution in [3.8, 4) is 0 Å². The van der Waals surface area contributed by atoms with Crippen molar-refractivity contribution >= 4 is 11.6 Å². The van der Waals surface area contributed by atoms with E-state index in [-0.39, 0.29) is 22.4 Å². The first kappa shape index (κ1) is 13.1. The number of fused-ring (bicyclic) bond motifs is 5. The van der Waals surface area contributed by atoms with Crippen molar-refractivity contribution in [1.29, 1.82) is 0 Å². The van der Waals surface area contributed by atoms with Gasteiger partial charge in [-0.2, -0.15) is 0 Å². The fourth-order valence-corrected chi connectivity index (χ4v) is 6.14. The van der Waals surface area contributed by atoms with E-state index >= 15 is 0 Å². The van der Waals surface area contributed by atoms with Crippen molar-refractivity contribution in [1.82, 2.24) is 0 Å². The first-order chi connectivity index (χ1) is 8.89. The molecule has 3 fully saturated rings. The summed E-state index contributed by atoms with van der Waals surface area (Å²) < 4.78 is 0. The van der Waals surface area contributed by atoms with Crippen LogP contribution in [0.2, 0.25) is 0 Å². The molecule has 0 radical (unpaired) electrons. The Balaban J connectivity index is 2.29. The van der Waals surface area contributed by atoms with E-state index in [9.17, 15) is 9.59 Å². The predicted molar refractivity (Wildman–Crippen MR) is 74.7 cm³/mol. The maximum absolute atomic E-state index is 12.5. The average Bonchev–Trinajstić information content (AvgIpc) is 2.96. The van der Waals surface area contributed by atoms with Crippen LogP contribution in [-0.4, -0.2) is 11.6 Å². The average molecular weight is 260 g/mol. The van der Waals surface area contributed by atoms with Crippen LogP contribution >= 0.6 is 0 Å². The molecule has 3 aliphatic rings. The van der Waals surface area contributed by atoms with Crippen LogP contribution in [0.1, 0.15) is 59.8 Å². The van der Waals surface area contributed by atoms with E-state index in [0.717, 1.165) is 32.1 Å². The van der Waals surface area contributed by atoms with Gasteiger partial charge in [0.1, 0.15) is 11.6 Å². The summed E-state index contributed by atoms with van der Waals surface area (Å²) >= 11 is 0. The van der Waals surface area contributed by atoms with Crippen LogP contribution in [0.5, 0.6) is 0 Å². The molecule has 2 nitrogen and oxygen atoms in total. The quantitative estimate of drug-likeness (QED) is 0.709. The van der Waals surface area contributed by atoms with Crippen LogP contribution in [-0.2, 0) is 9.59 Å². The van der Waals surface area contributed by atoms with Gasteiger partial charge in [-0.25, -0.2) is 0 Å². The second-order valence-electron chi connectivity index (χ2n) is 7.05. The summed E-state index contributed by atoms with van der Waals surface area (Å²) in [6.07, 6.45) is 5.13. The zero-order valence-electron chi connectivity index (χ0n) is 12.5. The van der Waals surface area contributed by atoms with Crippen LogP contribution in [0.3, 0.4) is 0 Å². The minimum absolute atomic E-state index is 0.270. The lowest BCUT2D eigenvalue weighted by Crippen LogP contribution is -2.51. The van der Waals surface area contributed by atoms with Crippen molar-refractivity contribution in [2.45, 2.75) is 59.8 Å². The molecule has 2 heteroatoms. The topological polar surface area (TPSA) is 34.1 Å². The zero-order chi connectivity index (χ0) is 14.0. The van der Waals surface area contributed by atoms with Gasteiger partial charge in [0.25, 0.3) is 0 Å². The summed E-state index contributed by atoms with van der Waals surface area (Å²) in [5, 5.41) is 0. The van der Waals surface area contributed by atoms with Gasteiger partial charge < -0.3 is 0 Å². The van der Waals surface area contributed by atoms with Gasteiger partial charge in [0.2, 0.25) is 0 Å². The first-order valence-electron chi connectivity index (χ1n) is 7.59. The Morgan fingerprint density at radius 3 is 1.63 bits per heavy atom. The number of allylic oxidation sites excluding steroid dienone is 2. The third kappa shape index (κ3) is 1.19. The van der Waals surface area contributed by atoms with Gasteiger partial charge in [-0.3, -0.25) is 9.59 Å². The minimum Gasteiger partial charge on any atom is -0.299 e. The summed E-state index contributed by atoms with van der Waals surface area (Å²) in [6.45, 7) is 7.77. The van der Waals surface area contributed by atoms with Crippen molar-refractivity contribution < 1.29 is 9.59 Å². The van der Waals surface area contributed by atoms with Crippen molar-refractivity contribution in [2.75, 3.05) is 0 Å². The standard InChI is InChI=1S/C17H24O2/c1-10(2)15-13-6-7-14(15)17(12(4)19)9-5-8-16(13,17)11(3)18/h13-14H,5-9H2,1-4H3/t13-,14+,16?,17?. The number of rotatable bonds is 2. The van der Waals surface area contributed by atoms with E-state index in [2.05, 4.69) is 13.8 Å². The Kier molecular flexibility index (Phi) is 2.62. The highest BCUT2D eigenvalue weighted by molar-refractivity contribution is 5.97. The number of hydrogen-bond donors (Lipinski definition) is 0. The summed E-state index contributed by atoms with van der Waals surface area (Å²) in [4.78, 5) is 25.1. The predicted octanol–water partition coefficient (Wildman–Crippen LogP) is 3.70. The molecule has 19 heavy (non-hydrogen) atoms. The molecule has 0 aromatic rings. The Morgan fingerprint density at radius 1 is 0.895 bits per heavy atom. The van der Waals surface area contributed by atoms with E-state index < -0.39 is 0 Å². The summed E-state index contributed by atoms with van der Waals surface area (Å²) in [5.74, 6) is 1.25. The van der Waals surface area contributed by atoms with Gasteiger partial charge in [-0.15, -0.1) is 0 Å². The molecule has 0 aromatic carbocycles. The highest BCUT2D eigenvalue weighted by Gasteiger charge is 2.74. The Morgan fingerprint density at radius 2 is 1.32 bits per heavy atom. The number of ketones is 2. The summed E-state index contributed by atoms with van der Waals surface area (Å²) in [6, 6.07) is 0. The monoisotopic (exact) mass is 260 g/mol. The molecule has 3 aliphatic carbocycles. The third-order valence-electron chi connectivity index (χ3n) is 6.46. The minimum atomic E-state index is -0.353. The van der Waals surface area contributed by atoms with Gasteiger partial charge >= 0.3 is 0 Å². The molecule has 104 valence electrons. The maximum Gasteiger partial charge on any atom is 0.137 e. The van der Waals surface area contributed by atoms with E-state index in [4.69, 9.17) is 0 Å². The highest BCUT2D eigenvalue weighted by atomic mass is 16.1. The Bertz CT molecular complexity index is 459. The summed E-state index contributed by atoms with van der Waals surface area (Å²) in [7, 11) is 0. The molecule has 0 heterocycles.